The smallest absolute Gasteiger partial charge is 0.355 e. The Morgan fingerprint density at radius 1 is 0.975 bits per heavy atom. The van der Waals surface area contributed by atoms with E-state index in [4.69, 9.17) is 0 Å². The van der Waals surface area contributed by atoms with Crippen molar-refractivity contribution in [1.82, 2.24) is 24.7 Å². The van der Waals surface area contributed by atoms with Crippen LogP contribution in [0.4, 0.5) is 33.5 Å². The second-order valence-electron chi connectivity index (χ2n) is 10.1. The van der Waals surface area contributed by atoms with Crippen LogP contribution in [0, 0.1) is 5.41 Å². The van der Waals surface area contributed by atoms with Gasteiger partial charge < -0.3 is 9.80 Å². The summed E-state index contributed by atoms with van der Waals surface area (Å²) < 4.78 is 66.4. The molecular weight excluding hydrogens is 533 g/mol. The normalized spacial score (nSPS) is 19.4. The second kappa shape index (κ2) is 9.79. The fourth-order valence-electron chi connectivity index (χ4n) is 5.72. The molecule has 1 unspecified atom stereocenters. The number of aromatic nitrogens is 5. The molecular formula is C27H24F5N7O. The van der Waals surface area contributed by atoms with Gasteiger partial charge in [-0.05, 0) is 37.0 Å². The van der Waals surface area contributed by atoms with Crippen molar-refractivity contribution in [2.24, 2.45) is 5.41 Å². The van der Waals surface area contributed by atoms with Crippen LogP contribution in [-0.2, 0) is 17.5 Å². The highest BCUT2D eigenvalue weighted by atomic mass is 19.4. The Morgan fingerprint density at radius 3 is 2.38 bits per heavy atom. The molecule has 8 nitrogen and oxygen atoms in total. The van der Waals surface area contributed by atoms with Crippen molar-refractivity contribution in [3.63, 3.8) is 0 Å². The van der Waals surface area contributed by atoms with Crippen molar-refractivity contribution in [3.05, 3.63) is 72.3 Å². The van der Waals surface area contributed by atoms with Gasteiger partial charge in [0, 0.05) is 13.1 Å². The molecule has 1 aromatic carbocycles. The minimum absolute atomic E-state index is 0.154. The molecule has 13 heteroatoms. The number of carbonyl (C=O) groups is 1. The van der Waals surface area contributed by atoms with Gasteiger partial charge in [0.1, 0.15) is 23.6 Å². The van der Waals surface area contributed by atoms with Crippen LogP contribution in [0.3, 0.4) is 0 Å². The molecule has 3 aromatic heterocycles. The van der Waals surface area contributed by atoms with E-state index in [1.165, 1.54) is 12.3 Å². The van der Waals surface area contributed by atoms with Gasteiger partial charge in [-0.25, -0.2) is 28.4 Å². The van der Waals surface area contributed by atoms with Gasteiger partial charge in [0.2, 0.25) is 5.91 Å². The van der Waals surface area contributed by atoms with Crippen LogP contribution in [0.5, 0.6) is 0 Å². The zero-order valence-electron chi connectivity index (χ0n) is 21.1. The first-order chi connectivity index (χ1) is 19.1. The molecule has 1 amide bonds. The number of hydrogen-bond acceptors (Lipinski definition) is 6. The number of hydrogen-bond donors (Lipinski definition) is 0. The molecule has 0 bridgehead atoms. The van der Waals surface area contributed by atoms with Crippen LogP contribution in [-0.4, -0.2) is 50.2 Å². The molecule has 0 aliphatic carbocycles. The van der Waals surface area contributed by atoms with Crippen LogP contribution in [0.2, 0.25) is 0 Å². The first-order valence-corrected chi connectivity index (χ1v) is 12.8. The predicted octanol–water partition coefficient (Wildman–Crippen LogP) is 5.27. The monoisotopic (exact) mass is 557 g/mol. The number of halogens is 5. The lowest BCUT2D eigenvalue weighted by molar-refractivity contribution is -0.141. The predicted molar refractivity (Wildman–Crippen MR) is 136 cm³/mol. The van der Waals surface area contributed by atoms with E-state index < -0.39 is 30.3 Å². The van der Waals surface area contributed by atoms with Crippen LogP contribution < -0.4 is 9.80 Å². The van der Waals surface area contributed by atoms with Gasteiger partial charge in [-0.3, -0.25) is 4.79 Å². The summed E-state index contributed by atoms with van der Waals surface area (Å²) in [5.41, 5.74) is 0.133. The number of nitrogens with zero attached hydrogens (tertiary/aromatic N) is 7. The van der Waals surface area contributed by atoms with Crippen LogP contribution in [0.15, 0.2) is 61.1 Å². The average Bonchev–Trinajstić information content (AvgIpc) is 3.47. The molecule has 0 radical (unpaired) electrons. The summed E-state index contributed by atoms with van der Waals surface area (Å²) >= 11 is 0. The third-order valence-corrected chi connectivity index (χ3v) is 7.76. The summed E-state index contributed by atoms with van der Waals surface area (Å²) in [6.07, 6.45) is -1.63. The van der Waals surface area contributed by atoms with Crippen molar-refractivity contribution in [1.29, 1.82) is 0 Å². The first-order valence-electron chi connectivity index (χ1n) is 12.8. The van der Waals surface area contributed by atoms with Crippen LogP contribution in [0.1, 0.15) is 36.6 Å². The summed E-state index contributed by atoms with van der Waals surface area (Å²) in [6, 6.07) is 11.2. The number of piperidine rings is 1. The topological polar surface area (TPSA) is 80.0 Å². The van der Waals surface area contributed by atoms with Crippen molar-refractivity contribution in [3.8, 4) is 0 Å². The fourth-order valence-corrected chi connectivity index (χ4v) is 5.72. The molecule has 2 aliphatic rings. The lowest BCUT2D eigenvalue weighted by Gasteiger charge is -2.38. The van der Waals surface area contributed by atoms with E-state index in [1.54, 1.807) is 11.1 Å². The molecule has 1 spiro atoms. The maximum atomic E-state index is 14.0. The SMILES string of the molecule is O=C1N(c2ccc(C(F)(F)F)nc2)C(c2ccccc2)CC12CCN(c1cnc3cnn(CC(F)F)c3n1)CC2. The quantitative estimate of drug-likeness (QED) is 0.311. The van der Waals surface area contributed by atoms with E-state index in [9.17, 15) is 26.7 Å². The number of rotatable bonds is 5. The number of fused-ring (bicyclic) bond motifs is 1. The maximum absolute atomic E-state index is 14.0. The molecule has 2 aliphatic heterocycles. The van der Waals surface area contributed by atoms with Gasteiger partial charge in [-0.15, -0.1) is 0 Å². The van der Waals surface area contributed by atoms with Crippen molar-refractivity contribution in [2.45, 2.75) is 44.5 Å². The van der Waals surface area contributed by atoms with E-state index in [-0.39, 0.29) is 17.6 Å². The Balaban J connectivity index is 1.27. The third kappa shape index (κ3) is 4.62. The number of carbonyl (C=O) groups excluding carboxylic acids is 1. The molecule has 4 aromatic rings. The van der Waals surface area contributed by atoms with Gasteiger partial charge in [-0.1, -0.05) is 30.3 Å². The lowest BCUT2D eigenvalue weighted by Crippen LogP contribution is -2.45. The lowest BCUT2D eigenvalue weighted by atomic mass is 9.75. The summed E-state index contributed by atoms with van der Waals surface area (Å²) in [7, 11) is 0. The molecule has 208 valence electrons. The summed E-state index contributed by atoms with van der Waals surface area (Å²) in [5, 5.41) is 3.96. The highest BCUT2D eigenvalue weighted by Gasteiger charge is 2.53. The van der Waals surface area contributed by atoms with Crippen molar-refractivity contribution >= 4 is 28.6 Å². The Morgan fingerprint density at radius 2 is 1.73 bits per heavy atom. The Bertz CT molecular complexity index is 1520. The van der Waals surface area contributed by atoms with Gasteiger partial charge in [0.05, 0.1) is 35.7 Å². The van der Waals surface area contributed by atoms with E-state index >= 15 is 0 Å². The average molecular weight is 558 g/mol. The minimum atomic E-state index is -4.58. The number of pyridine rings is 1. The Hall–Kier alpha value is -4.16. The number of benzene rings is 1. The van der Waals surface area contributed by atoms with E-state index in [1.807, 2.05) is 35.2 Å². The first kappa shape index (κ1) is 26.1. The van der Waals surface area contributed by atoms with Crippen LogP contribution >= 0.6 is 0 Å². The van der Waals surface area contributed by atoms with E-state index in [0.29, 0.717) is 49.4 Å². The highest BCUT2D eigenvalue weighted by molar-refractivity contribution is 6.01. The molecule has 0 saturated carbocycles. The number of amides is 1. The number of anilines is 2. The number of alkyl halides is 5. The summed E-state index contributed by atoms with van der Waals surface area (Å²) in [4.78, 5) is 30.0. The van der Waals surface area contributed by atoms with Gasteiger partial charge in [-0.2, -0.15) is 18.3 Å². The fraction of sp³-hybridized carbons (Fsp3) is 0.370. The molecule has 40 heavy (non-hydrogen) atoms. The maximum Gasteiger partial charge on any atom is 0.433 e. The molecule has 5 heterocycles. The highest BCUT2D eigenvalue weighted by Crippen LogP contribution is 2.51. The van der Waals surface area contributed by atoms with Gasteiger partial charge in [0.25, 0.3) is 6.43 Å². The standard InChI is InChI=1S/C27H24F5N7O/c28-22(29)16-38-24-19(14-35-38)33-15-23(36-24)37-10-8-26(9-11-37)12-20(17-4-2-1-3-5-17)39(25(26)40)18-6-7-21(34-13-18)27(30,31)32/h1-7,13-15,20,22H,8-12,16H2. The molecule has 1 atom stereocenters. The van der Waals surface area contributed by atoms with E-state index in [0.717, 1.165) is 22.5 Å². The molecule has 2 fully saturated rings. The minimum Gasteiger partial charge on any atom is -0.355 e. The third-order valence-electron chi connectivity index (χ3n) is 7.76. The Labute approximate surface area is 225 Å². The van der Waals surface area contributed by atoms with Crippen molar-refractivity contribution < 1.29 is 26.7 Å². The zero-order valence-corrected chi connectivity index (χ0v) is 21.1. The zero-order chi connectivity index (χ0) is 28.1. The van der Waals surface area contributed by atoms with E-state index in [2.05, 4.69) is 20.1 Å². The second-order valence-corrected chi connectivity index (χ2v) is 10.1. The Kier molecular flexibility index (Phi) is 6.38. The molecule has 0 N–H and O–H groups in total. The van der Waals surface area contributed by atoms with Gasteiger partial charge in [0.15, 0.2) is 5.65 Å². The summed E-state index contributed by atoms with van der Waals surface area (Å²) in [5.74, 6) is 0.353. The molecule has 6 rings (SSSR count). The summed E-state index contributed by atoms with van der Waals surface area (Å²) in [6.45, 7) is 0.347. The van der Waals surface area contributed by atoms with Crippen LogP contribution in [0.25, 0.3) is 11.2 Å². The molecule has 2 saturated heterocycles. The van der Waals surface area contributed by atoms with Crippen molar-refractivity contribution in [2.75, 3.05) is 22.9 Å². The van der Waals surface area contributed by atoms with Gasteiger partial charge >= 0.3 is 6.18 Å². The largest absolute Gasteiger partial charge is 0.433 e.